The Balaban J connectivity index is 1.71. The van der Waals surface area contributed by atoms with E-state index in [1.54, 1.807) is 0 Å². The van der Waals surface area contributed by atoms with Gasteiger partial charge in [0.25, 0.3) is 0 Å². The van der Waals surface area contributed by atoms with Gasteiger partial charge in [-0.1, -0.05) is 31.2 Å². The fourth-order valence-electron chi connectivity index (χ4n) is 4.07. The van der Waals surface area contributed by atoms with Crippen LogP contribution in [0, 0.1) is 11.6 Å². The number of aryl methyl sites for hydroxylation is 1. The quantitative estimate of drug-likeness (QED) is 0.241. The number of benzene rings is 2. The Labute approximate surface area is 225 Å². The minimum atomic E-state index is -0.786. The molecule has 0 spiro atoms. The van der Waals surface area contributed by atoms with Gasteiger partial charge in [0.2, 0.25) is 0 Å². The Hall–Kier alpha value is -3.34. The van der Waals surface area contributed by atoms with Crippen molar-refractivity contribution in [3.8, 4) is 0 Å². The Bertz CT molecular complexity index is 1170. The molecule has 38 heavy (non-hydrogen) atoms. The Morgan fingerprint density at radius 2 is 1.79 bits per heavy atom. The highest BCUT2D eigenvalue weighted by Crippen LogP contribution is 2.21. The molecule has 3 unspecified atom stereocenters. The minimum absolute atomic E-state index is 0.101. The van der Waals surface area contributed by atoms with E-state index in [9.17, 15) is 18.4 Å². The largest absolute Gasteiger partial charge is 0.459 e. The summed E-state index contributed by atoms with van der Waals surface area (Å²) in [6, 6.07) is 11.4. The number of ether oxygens (including phenoxy) is 1. The number of thiophene rings is 1. The van der Waals surface area contributed by atoms with Crippen LogP contribution in [-0.2, 0) is 28.9 Å². The molecule has 2 amide bonds. The van der Waals surface area contributed by atoms with Gasteiger partial charge in [0, 0.05) is 32.2 Å². The van der Waals surface area contributed by atoms with Crippen molar-refractivity contribution in [3.63, 3.8) is 0 Å². The second kappa shape index (κ2) is 14.6. The van der Waals surface area contributed by atoms with Crippen LogP contribution in [-0.4, -0.2) is 37.7 Å². The van der Waals surface area contributed by atoms with Gasteiger partial charge in [0.15, 0.2) is 0 Å². The number of hydrogen-bond donors (Lipinski definition) is 4. The van der Waals surface area contributed by atoms with Crippen molar-refractivity contribution in [1.29, 1.82) is 0 Å². The summed E-state index contributed by atoms with van der Waals surface area (Å²) in [6.07, 6.45) is 0.120. The zero-order chi connectivity index (χ0) is 27.5. The lowest BCUT2D eigenvalue weighted by Gasteiger charge is -2.26. The fourth-order valence-corrected chi connectivity index (χ4v) is 4.78. The second-order valence-electron chi connectivity index (χ2n) is 9.02. The standard InChI is InChI=1S/C28H34F2N4O3S/c1-3-18-5-4-6-19(9-18)15-33-16-26(24(31)12-20-10-22(29)13-23(30)11-20)37-27(35)14-25(34-28(36)32-2)21-7-8-38-17-21/h4-11,13,17,24-26,33H,3,12,14-16,31H2,1-2H3,(H2,32,34,36). The molecule has 3 aromatic rings. The third kappa shape index (κ3) is 9.20. The van der Waals surface area contributed by atoms with Crippen molar-refractivity contribution < 1.29 is 23.1 Å². The number of carbonyl (C=O) groups excluding carboxylic acids is 2. The van der Waals surface area contributed by atoms with Crippen LogP contribution in [0.3, 0.4) is 0 Å². The van der Waals surface area contributed by atoms with Crippen LogP contribution < -0.4 is 21.7 Å². The molecule has 2 aromatic carbocycles. The summed E-state index contributed by atoms with van der Waals surface area (Å²) >= 11 is 1.45. The number of amides is 2. The molecule has 0 saturated carbocycles. The average molecular weight is 545 g/mol. The molecule has 0 aliphatic rings. The summed E-state index contributed by atoms with van der Waals surface area (Å²) in [5.74, 6) is -1.96. The van der Waals surface area contributed by atoms with Crippen LogP contribution in [0.5, 0.6) is 0 Å². The molecule has 0 aliphatic heterocycles. The van der Waals surface area contributed by atoms with Crippen molar-refractivity contribution in [2.45, 2.75) is 50.9 Å². The van der Waals surface area contributed by atoms with Gasteiger partial charge in [-0.3, -0.25) is 4.79 Å². The number of esters is 1. The molecule has 0 fully saturated rings. The third-order valence-corrected chi connectivity index (χ3v) is 6.78. The number of nitrogens with two attached hydrogens (primary N) is 1. The van der Waals surface area contributed by atoms with Crippen LogP contribution in [0.2, 0.25) is 0 Å². The molecular formula is C28H34F2N4O3S. The smallest absolute Gasteiger partial charge is 0.315 e. The maximum absolute atomic E-state index is 13.7. The highest BCUT2D eigenvalue weighted by atomic mass is 32.1. The van der Waals surface area contributed by atoms with E-state index in [1.165, 1.54) is 36.1 Å². The maximum Gasteiger partial charge on any atom is 0.315 e. The van der Waals surface area contributed by atoms with E-state index >= 15 is 0 Å². The normalized spacial score (nSPS) is 13.4. The van der Waals surface area contributed by atoms with Crippen molar-refractivity contribution in [1.82, 2.24) is 16.0 Å². The number of hydrogen-bond acceptors (Lipinski definition) is 6. The van der Waals surface area contributed by atoms with Crippen molar-refractivity contribution >= 4 is 23.3 Å². The van der Waals surface area contributed by atoms with Crippen molar-refractivity contribution in [2.24, 2.45) is 5.73 Å². The van der Waals surface area contributed by atoms with E-state index in [1.807, 2.05) is 29.0 Å². The second-order valence-corrected chi connectivity index (χ2v) is 9.80. The molecular weight excluding hydrogens is 510 g/mol. The van der Waals surface area contributed by atoms with E-state index < -0.39 is 41.8 Å². The molecule has 0 saturated heterocycles. The SMILES string of the molecule is CCc1cccc(CNCC(OC(=O)CC(NC(=O)NC)c2ccsc2)C(N)Cc2cc(F)cc(F)c2)c1. The van der Waals surface area contributed by atoms with E-state index in [-0.39, 0.29) is 19.4 Å². The zero-order valence-electron chi connectivity index (χ0n) is 21.5. The zero-order valence-corrected chi connectivity index (χ0v) is 22.3. The van der Waals surface area contributed by atoms with E-state index in [4.69, 9.17) is 10.5 Å². The lowest BCUT2D eigenvalue weighted by molar-refractivity contribution is -0.150. The Morgan fingerprint density at radius 3 is 2.45 bits per heavy atom. The van der Waals surface area contributed by atoms with Crippen LogP contribution in [0.25, 0.3) is 0 Å². The highest BCUT2D eigenvalue weighted by Gasteiger charge is 2.26. The molecule has 5 N–H and O–H groups in total. The van der Waals surface area contributed by atoms with Gasteiger partial charge in [0.05, 0.1) is 12.5 Å². The molecule has 1 aromatic heterocycles. The van der Waals surface area contributed by atoms with Crippen LogP contribution in [0.15, 0.2) is 59.3 Å². The predicted octanol–water partition coefficient (Wildman–Crippen LogP) is 4.22. The monoisotopic (exact) mass is 544 g/mol. The van der Waals surface area contributed by atoms with Crippen LogP contribution in [0.4, 0.5) is 13.6 Å². The van der Waals surface area contributed by atoms with Crippen molar-refractivity contribution in [2.75, 3.05) is 13.6 Å². The first kappa shape index (κ1) is 29.2. The summed E-state index contributed by atoms with van der Waals surface area (Å²) in [7, 11) is 1.49. The molecule has 10 heteroatoms. The summed E-state index contributed by atoms with van der Waals surface area (Å²) in [4.78, 5) is 25.0. The van der Waals surface area contributed by atoms with Crippen LogP contribution in [0.1, 0.15) is 41.6 Å². The highest BCUT2D eigenvalue weighted by molar-refractivity contribution is 7.08. The molecule has 3 rings (SSSR count). The fraction of sp³-hybridized carbons (Fsp3) is 0.357. The van der Waals surface area contributed by atoms with E-state index in [2.05, 4.69) is 35.0 Å². The van der Waals surface area contributed by atoms with E-state index in [0.717, 1.165) is 23.6 Å². The number of nitrogens with one attached hydrogen (secondary N) is 3. The predicted molar refractivity (Wildman–Crippen MR) is 145 cm³/mol. The first-order valence-electron chi connectivity index (χ1n) is 12.5. The van der Waals surface area contributed by atoms with Gasteiger partial charge in [-0.2, -0.15) is 11.3 Å². The van der Waals surface area contributed by atoms with Crippen molar-refractivity contribution in [3.05, 3.63) is 93.2 Å². The minimum Gasteiger partial charge on any atom is -0.459 e. The molecule has 3 atom stereocenters. The number of urea groups is 1. The molecule has 0 bridgehead atoms. The Morgan fingerprint density at radius 1 is 1.05 bits per heavy atom. The van der Waals surface area contributed by atoms with Crippen LogP contribution >= 0.6 is 11.3 Å². The maximum atomic E-state index is 13.7. The average Bonchev–Trinajstić information content (AvgIpc) is 3.42. The molecule has 0 radical (unpaired) electrons. The Kier molecular flexibility index (Phi) is 11.2. The lowest BCUT2D eigenvalue weighted by atomic mass is 10.0. The van der Waals surface area contributed by atoms with Gasteiger partial charge in [-0.05, 0) is 64.1 Å². The topological polar surface area (TPSA) is 105 Å². The first-order valence-corrected chi connectivity index (χ1v) is 13.4. The third-order valence-electron chi connectivity index (χ3n) is 6.08. The van der Waals surface area contributed by atoms with Gasteiger partial charge < -0.3 is 26.4 Å². The van der Waals surface area contributed by atoms with Gasteiger partial charge in [0.1, 0.15) is 17.7 Å². The summed E-state index contributed by atoms with van der Waals surface area (Å²) < 4.78 is 33.3. The summed E-state index contributed by atoms with van der Waals surface area (Å²) in [5, 5.41) is 12.2. The summed E-state index contributed by atoms with van der Waals surface area (Å²) in [6.45, 7) is 2.84. The van der Waals surface area contributed by atoms with Gasteiger partial charge >= 0.3 is 12.0 Å². The molecule has 0 aliphatic carbocycles. The number of carbonyl (C=O) groups is 2. The lowest BCUT2D eigenvalue weighted by Crippen LogP contribution is -2.46. The molecule has 7 nitrogen and oxygen atoms in total. The molecule has 1 heterocycles. The first-order chi connectivity index (χ1) is 18.3. The summed E-state index contributed by atoms with van der Waals surface area (Å²) in [5.41, 5.74) is 9.83. The number of halogens is 2. The number of rotatable bonds is 13. The van der Waals surface area contributed by atoms with Gasteiger partial charge in [-0.25, -0.2) is 13.6 Å². The van der Waals surface area contributed by atoms with E-state index in [0.29, 0.717) is 12.1 Å². The molecule has 204 valence electrons. The van der Waals surface area contributed by atoms with Gasteiger partial charge in [-0.15, -0.1) is 0 Å².